The molecule has 0 spiro atoms. The molecule has 0 aliphatic rings. The molecule has 0 aliphatic carbocycles. The summed E-state index contributed by atoms with van der Waals surface area (Å²) in [6.07, 6.45) is 1.03. The SMILES string of the molecule is CCC(Nc1cc(N)nc(N)n1)C(C)C. The summed E-state index contributed by atoms with van der Waals surface area (Å²) in [7, 11) is 0. The van der Waals surface area contributed by atoms with Gasteiger partial charge in [0.25, 0.3) is 0 Å². The lowest BCUT2D eigenvalue weighted by molar-refractivity contribution is 0.510. The van der Waals surface area contributed by atoms with Crippen LogP contribution in [0.4, 0.5) is 17.6 Å². The van der Waals surface area contributed by atoms with Gasteiger partial charge in [-0.2, -0.15) is 9.97 Å². The summed E-state index contributed by atoms with van der Waals surface area (Å²) in [5, 5.41) is 3.30. The van der Waals surface area contributed by atoms with Crippen molar-refractivity contribution in [3.63, 3.8) is 0 Å². The zero-order valence-electron chi connectivity index (χ0n) is 9.49. The van der Waals surface area contributed by atoms with Gasteiger partial charge in [0.1, 0.15) is 11.6 Å². The van der Waals surface area contributed by atoms with Crippen LogP contribution < -0.4 is 16.8 Å². The first-order valence-corrected chi connectivity index (χ1v) is 5.19. The largest absolute Gasteiger partial charge is 0.383 e. The van der Waals surface area contributed by atoms with Crippen molar-refractivity contribution in [3.05, 3.63) is 6.07 Å². The van der Waals surface area contributed by atoms with Crippen LogP contribution in [0, 0.1) is 5.92 Å². The molecule has 1 rings (SSSR count). The summed E-state index contributed by atoms with van der Waals surface area (Å²) in [5.41, 5.74) is 11.1. The maximum Gasteiger partial charge on any atom is 0.223 e. The number of nitrogen functional groups attached to an aromatic ring is 2. The van der Waals surface area contributed by atoms with Gasteiger partial charge in [-0.1, -0.05) is 20.8 Å². The minimum absolute atomic E-state index is 0.205. The highest BCUT2D eigenvalue weighted by atomic mass is 15.1. The van der Waals surface area contributed by atoms with Gasteiger partial charge in [-0.15, -0.1) is 0 Å². The molecule has 84 valence electrons. The van der Waals surface area contributed by atoms with Crippen molar-refractivity contribution >= 4 is 17.6 Å². The summed E-state index contributed by atoms with van der Waals surface area (Å²) >= 11 is 0. The van der Waals surface area contributed by atoms with Crippen molar-refractivity contribution < 1.29 is 0 Å². The van der Waals surface area contributed by atoms with Gasteiger partial charge in [-0.3, -0.25) is 0 Å². The van der Waals surface area contributed by atoms with E-state index in [9.17, 15) is 0 Å². The lowest BCUT2D eigenvalue weighted by Gasteiger charge is -2.21. The summed E-state index contributed by atoms with van der Waals surface area (Å²) in [4.78, 5) is 7.90. The number of nitrogens with two attached hydrogens (primary N) is 2. The molecule has 1 aromatic rings. The van der Waals surface area contributed by atoms with Crippen molar-refractivity contribution in [1.29, 1.82) is 0 Å². The normalized spacial score (nSPS) is 12.8. The summed E-state index contributed by atoms with van der Waals surface area (Å²) in [5.74, 6) is 1.83. The molecule has 0 saturated carbocycles. The van der Waals surface area contributed by atoms with Gasteiger partial charge >= 0.3 is 0 Å². The predicted octanol–water partition coefficient (Wildman–Crippen LogP) is 1.49. The zero-order valence-corrected chi connectivity index (χ0v) is 9.49. The monoisotopic (exact) mass is 209 g/mol. The molecule has 0 aromatic carbocycles. The van der Waals surface area contributed by atoms with E-state index in [2.05, 4.69) is 36.1 Å². The first-order valence-electron chi connectivity index (χ1n) is 5.19. The molecule has 0 amide bonds. The van der Waals surface area contributed by atoms with Gasteiger partial charge in [0, 0.05) is 12.1 Å². The molecular formula is C10H19N5. The highest BCUT2D eigenvalue weighted by molar-refractivity contribution is 5.48. The smallest absolute Gasteiger partial charge is 0.223 e. The summed E-state index contributed by atoms with van der Waals surface area (Å²) in [6.45, 7) is 6.45. The molecule has 1 atom stereocenters. The maximum absolute atomic E-state index is 5.58. The summed E-state index contributed by atoms with van der Waals surface area (Å²) < 4.78 is 0. The van der Waals surface area contributed by atoms with Crippen LogP contribution in [-0.4, -0.2) is 16.0 Å². The molecule has 0 radical (unpaired) electrons. The third-order valence-electron chi connectivity index (χ3n) is 2.34. The Kier molecular flexibility index (Phi) is 3.71. The Morgan fingerprint density at radius 3 is 2.47 bits per heavy atom. The Morgan fingerprint density at radius 2 is 2.00 bits per heavy atom. The van der Waals surface area contributed by atoms with Crippen molar-refractivity contribution in [2.45, 2.75) is 33.2 Å². The number of anilines is 3. The number of aromatic nitrogens is 2. The van der Waals surface area contributed by atoms with Gasteiger partial charge in [-0.25, -0.2) is 0 Å². The maximum atomic E-state index is 5.58. The minimum Gasteiger partial charge on any atom is -0.383 e. The molecule has 0 fully saturated rings. The fraction of sp³-hybridized carbons (Fsp3) is 0.600. The average Bonchev–Trinajstić information content (AvgIpc) is 2.12. The third-order valence-corrected chi connectivity index (χ3v) is 2.34. The van der Waals surface area contributed by atoms with E-state index in [1.165, 1.54) is 0 Å². The van der Waals surface area contributed by atoms with Crippen molar-refractivity contribution in [2.75, 3.05) is 16.8 Å². The number of nitrogens with one attached hydrogen (secondary N) is 1. The predicted molar refractivity (Wildman–Crippen MR) is 63.4 cm³/mol. The fourth-order valence-electron chi connectivity index (χ4n) is 1.49. The molecule has 0 aliphatic heterocycles. The Bertz CT molecular complexity index is 303. The van der Waals surface area contributed by atoms with Crippen molar-refractivity contribution in [1.82, 2.24) is 9.97 Å². The van der Waals surface area contributed by atoms with E-state index in [1.807, 2.05) is 0 Å². The first kappa shape index (κ1) is 11.6. The lowest BCUT2D eigenvalue weighted by atomic mass is 10.0. The van der Waals surface area contributed by atoms with E-state index in [0.717, 1.165) is 6.42 Å². The second kappa shape index (κ2) is 4.82. The van der Waals surface area contributed by atoms with Crippen LogP contribution >= 0.6 is 0 Å². The Labute approximate surface area is 90.3 Å². The van der Waals surface area contributed by atoms with Crippen LogP contribution in [-0.2, 0) is 0 Å². The van der Waals surface area contributed by atoms with E-state index >= 15 is 0 Å². The molecule has 0 bridgehead atoms. The van der Waals surface area contributed by atoms with Crippen LogP contribution in [0.1, 0.15) is 27.2 Å². The van der Waals surface area contributed by atoms with Crippen molar-refractivity contribution in [2.24, 2.45) is 5.92 Å². The standard InChI is InChI=1S/C10H19N5/c1-4-7(6(2)3)13-9-5-8(11)14-10(12)15-9/h5-7H,4H2,1-3H3,(H5,11,12,13,14,15). The Hall–Kier alpha value is -1.52. The van der Waals surface area contributed by atoms with Gasteiger partial charge in [0.05, 0.1) is 0 Å². The molecule has 5 N–H and O–H groups in total. The van der Waals surface area contributed by atoms with E-state index in [1.54, 1.807) is 6.07 Å². The van der Waals surface area contributed by atoms with E-state index in [-0.39, 0.29) is 5.95 Å². The van der Waals surface area contributed by atoms with Gasteiger partial charge in [0.2, 0.25) is 5.95 Å². The van der Waals surface area contributed by atoms with Crippen LogP contribution in [0.15, 0.2) is 6.07 Å². The molecule has 1 aromatic heterocycles. The second-order valence-corrected chi connectivity index (χ2v) is 3.94. The Morgan fingerprint density at radius 1 is 1.33 bits per heavy atom. The van der Waals surface area contributed by atoms with Crippen LogP contribution in [0.3, 0.4) is 0 Å². The number of hydrogen-bond acceptors (Lipinski definition) is 5. The zero-order chi connectivity index (χ0) is 11.4. The second-order valence-electron chi connectivity index (χ2n) is 3.94. The van der Waals surface area contributed by atoms with Crippen LogP contribution in [0.2, 0.25) is 0 Å². The quantitative estimate of drug-likeness (QED) is 0.699. The fourth-order valence-corrected chi connectivity index (χ4v) is 1.49. The first-order chi connectivity index (χ1) is 7.02. The van der Waals surface area contributed by atoms with Crippen LogP contribution in [0.5, 0.6) is 0 Å². The molecular weight excluding hydrogens is 190 g/mol. The number of hydrogen-bond donors (Lipinski definition) is 3. The van der Waals surface area contributed by atoms with Gasteiger partial charge in [0.15, 0.2) is 0 Å². The molecule has 15 heavy (non-hydrogen) atoms. The highest BCUT2D eigenvalue weighted by Crippen LogP contribution is 2.15. The molecule has 5 heteroatoms. The average molecular weight is 209 g/mol. The van der Waals surface area contributed by atoms with Gasteiger partial charge in [-0.05, 0) is 12.3 Å². The molecule has 1 heterocycles. The number of nitrogens with zero attached hydrogens (tertiary/aromatic N) is 2. The van der Waals surface area contributed by atoms with Crippen LogP contribution in [0.25, 0.3) is 0 Å². The molecule has 0 saturated heterocycles. The topological polar surface area (TPSA) is 89.8 Å². The minimum atomic E-state index is 0.205. The van der Waals surface area contributed by atoms with E-state index in [4.69, 9.17) is 11.5 Å². The third kappa shape index (κ3) is 3.27. The van der Waals surface area contributed by atoms with Crippen molar-refractivity contribution in [3.8, 4) is 0 Å². The molecule has 1 unspecified atom stereocenters. The lowest BCUT2D eigenvalue weighted by Crippen LogP contribution is -2.25. The van der Waals surface area contributed by atoms with Gasteiger partial charge < -0.3 is 16.8 Å². The Balaban J connectivity index is 2.79. The summed E-state index contributed by atoms with van der Waals surface area (Å²) in [6, 6.07) is 2.07. The number of rotatable bonds is 4. The van der Waals surface area contributed by atoms with E-state index < -0.39 is 0 Å². The van der Waals surface area contributed by atoms with E-state index in [0.29, 0.717) is 23.6 Å². The highest BCUT2D eigenvalue weighted by Gasteiger charge is 2.11. The molecule has 5 nitrogen and oxygen atoms in total.